The molecule has 0 radical (unpaired) electrons. The lowest BCUT2D eigenvalue weighted by Gasteiger charge is -2.29. The molecule has 1 atom stereocenters. The van der Waals surface area contributed by atoms with Crippen LogP contribution < -0.4 is 9.62 Å². The number of rotatable bonds is 7. The Morgan fingerprint density at radius 1 is 1.07 bits per heavy atom. The molecule has 0 aliphatic heterocycles. The van der Waals surface area contributed by atoms with Gasteiger partial charge in [0.1, 0.15) is 6.04 Å². The van der Waals surface area contributed by atoms with Crippen molar-refractivity contribution in [3.05, 3.63) is 58.7 Å². The van der Waals surface area contributed by atoms with Gasteiger partial charge in [-0.1, -0.05) is 6.07 Å². The van der Waals surface area contributed by atoms with Crippen molar-refractivity contribution in [1.82, 2.24) is 0 Å². The number of ether oxygens (including phenoxy) is 1. The Labute approximate surface area is 178 Å². The van der Waals surface area contributed by atoms with E-state index >= 15 is 0 Å². The molecule has 0 aliphatic carbocycles. The number of carbonyl (C=O) groups is 2. The fourth-order valence-electron chi connectivity index (χ4n) is 3.27. The molecule has 7 nitrogen and oxygen atoms in total. The number of amides is 1. The summed E-state index contributed by atoms with van der Waals surface area (Å²) in [7, 11) is -3.71. The third kappa shape index (κ3) is 5.60. The Kier molecular flexibility index (Phi) is 7.25. The van der Waals surface area contributed by atoms with Crippen molar-refractivity contribution < 1.29 is 22.7 Å². The van der Waals surface area contributed by atoms with Gasteiger partial charge >= 0.3 is 5.97 Å². The van der Waals surface area contributed by atoms with Crippen LogP contribution in [0.15, 0.2) is 36.4 Å². The number of sulfonamides is 1. The third-order valence-corrected chi connectivity index (χ3v) is 5.79. The molecule has 0 saturated heterocycles. The molecule has 162 valence electrons. The maximum atomic E-state index is 12.9. The van der Waals surface area contributed by atoms with Crippen molar-refractivity contribution in [2.24, 2.45) is 0 Å². The number of nitrogens with zero attached hydrogens (tertiary/aromatic N) is 1. The van der Waals surface area contributed by atoms with E-state index in [2.05, 4.69) is 5.32 Å². The largest absolute Gasteiger partial charge is 0.462 e. The van der Waals surface area contributed by atoms with Crippen LogP contribution in [0.25, 0.3) is 0 Å². The molecule has 8 heteroatoms. The van der Waals surface area contributed by atoms with Gasteiger partial charge in [-0.25, -0.2) is 13.2 Å². The average molecular weight is 433 g/mol. The molecule has 0 spiro atoms. The van der Waals surface area contributed by atoms with Crippen molar-refractivity contribution in [3.8, 4) is 0 Å². The summed E-state index contributed by atoms with van der Waals surface area (Å²) in [5.41, 5.74) is 3.78. The Morgan fingerprint density at radius 2 is 1.67 bits per heavy atom. The van der Waals surface area contributed by atoms with Crippen molar-refractivity contribution in [1.29, 1.82) is 0 Å². The summed E-state index contributed by atoms with van der Waals surface area (Å²) in [6.45, 7) is 9.03. The lowest BCUT2D eigenvalue weighted by Crippen LogP contribution is -2.45. The summed E-state index contributed by atoms with van der Waals surface area (Å²) in [4.78, 5) is 24.8. The molecule has 2 aromatic carbocycles. The highest BCUT2D eigenvalue weighted by Crippen LogP contribution is 2.25. The van der Waals surface area contributed by atoms with Crippen LogP contribution in [0.1, 0.15) is 40.9 Å². The van der Waals surface area contributed by atoms with Gasteiger partial charge in [-0.15, -0.1) is 0 Å². The zero-order valence-corrected chi connectivity index (χ0v) is 19.0. The van der Waals surface area contributed by atoms with Crippen LogP contribution in [0.2, 0.25) is 0 Å². The van der Waals surface area contributed by atoms with Crippen LogP contribution in [-0.4, -0.2) is 39.2 Å². The first-order chi connectivity index (χ1) is 13.9. The minimum Gasteiger partial charge on any atom is -0.462 e. The number of hydrogen-bond donors (Lipinski definition) is 1. The second-order valence-electron chi connectivity index (χ2n) is 7.32. The molecule has 0 bridgehead atoms. The molecular weight excluding hydrogens is 404 g/mol. The maximum Gasteiger partial charge on any atom is 0.338 e. The van der Waals surface area contributed by atoms with Gasteiger partial charge in [0, 0.05) is 5.69 Å². The Balaban J connectivity index is 2.31. The second-order valence-corrected chi connectivity index (χ2v) is 9.18. The summed E-state index contributed by atoms with van der Waals surface area (Å²) in [5, 5.41) is 2.76. The molecule has 0 aliphatic rings. The van der Waals surface area contributed by atoms with Crippen molar-refractivity contribution in [3.63, 3.8) is 0 Å². The number of nitrogens with one attached hydrogen (secondary N) is 1. The van der Waals surface area contributed by atoms with Gasteiger partial charge in [0.05, 0.1) is 24.1 Å². The first-order valence-electron chi connectivity index (χ1n) is 9.60. The predicted molar refractivity (Wildman–Crippen MR) is 118 cm³/mol. The van der Waals surface area contributed by atoms with Crippen molar-refractivity contribution in [2.45, 2.75) is 40.7 Å². The molecule has 0 heterocycles. The summed E-state index contributed by atoms with van der Waals surface area (Å²) < 4.78 is 31.1. The number of anilines is 2. The quantitative estimate of drug-likeness (QED) is 0.675. The second kappa shape index (κ2) is 9.30. The van der Waals surface area contributed by atoms with E-state index < -0.39 is 27.9 Å². The smallest absolute Gasteiger partial charge is 0.338 e. The standard InChI is InChI=1S/C22H28N2O5S/c1-7-29-22(26)18-8-9-20(16(4)13-18)23-21(25)17(5)24(30(6,27)28)19-11-14(2)10-15(3)12-19/h8-13,17H,7H2,1-6H3,(H,23,25)/t17-/m0/s1. The predicted octanol–water partition coefficient (Wildman–Crippen LogP) is 3.58. The van der Waals surface area contributed by atoms with Gasteiger partial charge in [0.2, 0.25) is 15.9 Å². The van der Waals surface area contributed by atoms with E-state index in [4.69, 9.17) is 4.74 Å². The molecule has 2 rings (SSSR count). The highest BCUT2D eigenvalue weighted by atomic mass is 32.2. The summed E-state index contributed by atoms with van der Waals surface area (Å²) in [6, 6.07) is 9.20. The average Bonchev–Trinajstić information content (AvgIpc) is 2.61. The van der Waals surface area contributed by atoms with Gasteiger partial charge in [-0.3, -0.25) is 9.10 Å². The van der Waals surface area contributed by atoms with Crippen LogP contribution in [0, 0.1) is 20.8 Å². The van der Waals surface area contributed by atoms with Gasteiger partial charge in [-0.2, -0.15) is 0 Å². The lowest BCUT2D eigenvalue weighted by molar-refractivity contribution is -0.116. The molecule has 0 saturated carbocycles. The first-order valence-corrected chi connectivity index (χ1v) is 11.4. The number of benzene rings is 2. The molecule has 1 amide bonds. The zero-order valence-electron chi connectivity index (χ0n) is 18.1. The zero-order chi connectivity index (χ0) is 22.6. The van der Waals surface area contributed by atoms with Crippen LogP contribution in [0.4, 0.5) is 11.4 Å². The minimum atomic E-state index is -3.71. The van der Waals surface area contributed by atoms with E-state index in [1.165, 1.54) is 6.92 Å². The van der Waals surface area contributed by atoms with Crippen molar-refractivity contribution >= 4 is 33.3 Å². The highest BCUT2D eigenvalue weighted by Gasteiger charge is 2.29. The van der Waals surface area contributed by atoms with E-state index in [0.717, 1.165) is 21.7 Å². The number of hydrogen-bond acceptors (Lipinski definition) is 5. The first kappa shape index (κ1) is 23.4. The summed E-state index contributed by atoms with van der Waals surface area (Å²) >= 11 is 0. The van der Waals surface area contributed by atoms with E-state index in [9.17, 15) is 18.0 Å². The number of carbonyl (C=O) groups excluding carboxylic acids is 2. The van der Waals surface area contributed by atoms with E-state index in [1.807, 2.05) is 19.9 Å². The van der Waals surface area contributed by atoms with Crippen LogP contribution in [0.3, 0.4) is 0 Å². The third-order valence-electron chi connectivity index (χ3n) is 4.54. The monoisotopic (exact) mass is 432 g/mol. The normalized spacial score (nSPS) is 12.2. The SMILES string of the molecule is CCOC(=O)c1ccc(NC(=O)[C@H](C)N(c2cc(C)cc(C)c2)S(C)(=O)=O)c(C)c1. The lowest BCUT2D eigenvalue weighted by atomic mass is 10.1. The van der Waals surface area contributed by atoms with Crippen molar-refractivity contribution in [2.75, 3.05) is 22.5 Å². The molecule has 1 N–H and O–H groups in total. The molecule has 0 fully saturated rings. The van der Waals surface area contributed by atoms with Gasteiger partial charge in [0.25, 0.3) is 0 Å². The van der Waals surface area contributed by atoms with E-state index in [0.29, 0.717) is 22.5 Å². The van der Waals surface area contributed by atoms with Gasteiger partial charge < -0.3 is 10.1 Å². The number of esters is 1. The highest BCUT2D eigenvalue weighted by molar-refractivity contribution is 7.92. The topological polar surface area (TPSA) is 92.8 Å². The summed E-state index contributed by atoms with van der Waals surface area (Å²) in [5.74, 6) is -0.920. The van der Waals surface area contributed by atoms with Crippen LogP contribution in [0.5, 0.6) is 0 Å². The van der Waals surface area contributed by atoms with E-state index in [1.54, 1.807) is 44.2 Å². The molecule has 0 aromatic heterocycles. The minimum absolute atomic E-state index is 0.271. The number of aryl methyl sites for hydroxylation is 3. The van der Waals surface area contributed by atoms with Gasteiger partial charge in [0.15, 0.2) is 0 Å². The Hall–Kier alpha value is -2.87. The van der Waals surface area contributed by atoms with E-state index in [-0.39, 0.29) is 6.61 Å². The molecule has 30 heavy (non-hydrogen) atoms. The molecular formula is C22H28N2O5S. The fraction of sp³-hybridized carbons (Fsp3) is 0.364. The maximum absolute atomic E-state index is 12.9. The van der Waals surface area contributed by atoms with Crippen LogP contribution >= 0.6 is 0 Å². The molecule has 0 unspecified atom stereocenters. The van der Waals surface area contributed by atoms with Crippen LogP contribution in [-0.2, 0) is 19.6 Å². The fourth-order valence-corrected chi connectivity index (χ4v) is 4.43. The van der Waals surface area contributed by atoms with Gasteiger partial charge in [-0.05, 0) is 81.6 Å². The Morgan fingerprint density at radius 3 is 2.17 bits per heavy atom. The summed E-state index contributed by atoms with van der Waals surface area (Å²) in [6.07, 6.45) is 1.08. The Bertz CT molecular complexity index is 1040. The molecule has 2 aromatic rings.